The lowest BCUT2D eigenvalue weighted by molar-refractivity contribution is 0.151. The van der Waals surface area contributed by atoms with Crippen LogP contribution in [0.25, 0.3) is 0 Å². The predicted octanol–water partition coefficient (Wildman–Crippen LogP) is 5.72. The predicted molar refractivity (Wildman–Crippen MR) is 114 cm³/mol. The third kappa shape index (κ3) is 4.60. The molecule has 2 unspecified atom stereocenters. The molecule has 0 saturated carbocycles. The van der Waals surface area contributed by atoms with Crippen LogP contribution in [-0.2, 0) is 17.7 Å². The van der Waals surface area contributed by atoms with Crippen LogP contribution < -0.4 is 10.1 Å². The molecule has 29 heavy (non-hydrogen) atoms. The zero-order valence-corrected chi connectivity index (χ0v) is 17.8. The van der Waals surface area contributed by atoms with Crippen LogP contribution in [0.5, 0.6) is 11.5 Å². The number of aromatic hydroxyl groups is 1. The Kier molecular flexibility index (Phi) is 6.88. The Balaban J connectivity index is 2.01. The van der Waals surface area contributed by atoms with Crippen molar-refractivity contribution in [2.75, 3.05) is 6.61 Å². The minimum Gasteiger partial charge on any atom is -0.507 e. The van der Waals surface area contributed by atoms with Gasteiger partial charge in [-0.1, -0.05) is 38.0 Å². The van der Waals surface area contributed by atoms with Crippen LogP contribution in [0.4, 0.5) is 4.79 Å². The maximum Gasteiger partial charge on any atom is 0.407 e. The molecule has 1 heterocycles. The Hall–Kier alpha value is -2.43. The van der Waals surface area contributed by atoms with Gasteiger partial charge in [0, 0.05) is 23.0 Å². The number of alkyl carbamates (subject to hydrolysis) is 1. The second-order valence-corrected chi connectivity index (χ2v) is 8.06. The van der Waals surface area contributed by atoms with E-state index in [0.717, 1.165) is 61.0 Å². The molecule has 0 radical (unpaired) electrons. The molecule has 0 aromatic heterocycles. The maximum atomic E-state index is 11.8. The molecule has 0 spiro atoms. The van der Waals surface area contributed by atoms with Gasteiger partial charge < -0.3 is 19.9 Å². The fourth-order valence-corrected chi connectivity index (χ4v) is 4.42. The molecule has 5 heteroatoms. The monoisotopic (exact) mass is 399 g/mol. The van der Waals surface area contributed by atoms with E-state index in [1.165, 1.54) is 5.57 Å². The molecule has 2 N–H and O–H groups in total. The van der Waals surface area contributed by atoms with E-state index >= 15 is 0 Å². The van der Waals surface area contributed by atoms with E-state index in [0.29, 0.717) is 12.4 Å². The van der Waals surface area contributed by atoms with Gasteiger partial charge in [0.1, 0.15) is 17.3 Å². The van der Waals surface area contributed by atoms with Crippen molar-refractivity contribution in [3.05, 3.63) is 46.7 Å². The molecule has 2 aliphatic rings. The lowest BCUT2D eigenvalue weighted by Crippen LogP contribution is -2.27. The topological polar surface area (TPSA) is 67.8 Å². The number of carbonyl (C=O) groups is 1. The van der Waals surface area contributed by atoms with E-state index in [4.69, 9.17) is 9.47 Å². The number of amides is 1. The standard InChI is InChI=1S/C24H33NO4/c1-5-7-8-9-17-13-21-22(23(26)20(17)14-25-24(27)28-6-2)19-12-15(3)10-11-18(19)16(4)29-21/h12-13,18-19,26H,4-11,14H2,1-3H3,(H,25,27). The molecule has 1 aliphatic heterocycles. The molecule has 2 atom stereocenters. The highest BCUT2D eigenvalue weighted by molar-refractivity contribution is 5.68. The molecule has 1 aromatic rings. The number of rotatable bonds is 7. The van der Waals surface area contributed by atoms with Crippen molar-refractivity contribution in [3.8, 4) is 11.5 Å². The number of hydrogen-bond donors (Lipinski definition) is 2. The van der Waals surface area contributed by atoms with Crippen molar-refractivity contribution < 1.29 is 19.4 Å². The summed E-state index contributed by atoms with van der Waals surface area (Å²) in [5.41, 5.74) is 3.92. The van der Waals surface area contributed by atoms with Gasteiger partial charge in [-0.15, -0.1) is 0 Å². The van der Waals surface area contributed by atoms with E-state index in [1.807, 2.05) is 6.07 Å². The highest BCUT2D eigenvalue weighted by Crippen LogP contribution is 2.52. The van der Waals surface area contributed by atoms with Gasteiger partial charge in [0.2, 0.25) is 0 Å². The fourth-order valence-electron chi connectivity index (χ4n) is 4.42. The molecule has 1 aliphatic carbocycles. The number of phenols is 1. The zero-order chi connectivity index (χ0) is 21.0. The van der Waals surface area contributed by atoms with Crippen molar-refractivity contribution in [2.24, 2.45) is 5.92 Å². The van der Waals surface area contributed by atoms with Crippen LogP contribution in [-0.4, -0.2) is 17.8 Å². The molecule has 0 saturated heterocycles. The largest absolute Gasteiger partial charge is 0.507 e. The molecule has 1 amide bonds. The first-order valence-electron chi connectivity index (χ1n) is 10.8. The van der Waals surface area contributed by atoms with Crippen molar-refractivity contribution in [3.63, 3.8) is 0 Å². The van der Waals surface area contributed by atoms with Gasteiger partial charge in [-0.2, -0.15) is 0 Å². The summed E-state index contributed by atoms with van der Waals surface area (Å²) in [6.45, 7) is 10.8. The number of fused-ring (bicyclic) bond motifs is 3. The summed E-state index contributed by atoms with van der Waals surface area (Å²) in [6, 6.07) is 2.03. The first-order chi connectivity index (χ1) is 14.0. The van der Waals surface area contributed by atoms with Crippen LogP contribution in [0, 0.1) is 5.92 Å². The second-order valence-electron chi connectivity index (χ2n) is 8.06. The summed E-state index contributed by atoms with van der Waals surface area (Å²) in [5, 5.41) is 14.1. The van der Waals surface area contributed by atoms with Crippen molar-refractivity contribution >= 4 is 6.09 Å². The Bertz CT molecular complexity index is 812. The molecule has 3 rings (SSSR count). The normalized spacial score (nSPS) is 20.2. The van der Waals surface area contributed by atoms with E-state index in [2.05, 4.69) is 31.8 Å². The van der Waals surface area contributed by atoms with Gasteiger partial charge in [0.25, 0.3) is 0 Å². The van der Waals surface area contributed by atoms with Gasteiger partial charge in [0.15, 0.2) is 0 Å². The molecular weight excluding hydrogens is 366 g/mol. The summed E-state index contributed by atoms with van der Waals surface area (Å²) in [5.74, 6) is 1.95. The van der Waals surface area contributed by atoms with Crippen molar-refractivity contribution in [1.82, 2.24) is 5.32 Å². The lowest BCUT2D eigenvalue weighted by Gasteiger charge is -2.37. The van der Waals surface area contributed by atoms with Crippen LogP contribution in [0.2, 0.25) is 0 Å². The van der Waals surface area contributed by atoms with E-state index < -0.39 is 6.09 Å². The Morgan fingerprint density at radius 2 is 2.17 bits per heavy atom. The number of hydrogen-bond acceptors (Lipinski definition) is 4. The number of phenolic OH excluding ortho intramolecular Hbond substituents is 1. The van der Waals surface area contributed by atoms with Crippen LogP contribution in [0.3, 0.4) is 0 Å². The first kappa shape index (κ1) is 21.3. The Morgan fingerprint density at radius 3 is 2.90 bits per heavy atom. The van der Waals surface area contributed by atoms with Crippen LogP contribution in [0.1, 0.15) is 75.5 Å². The lowest BCUT2D eigenvalue weighted by atomic mass is 9.73. The highest BCUT2D eigenvalue weighted by atomic mass is 16.5. The SMILES string of the molecule is C=C1Oc2cc(CCCCC)c(CNC(=O)OCC)c(O)c2C2C=C(C)CCC12. The number of allylic oxidation sites excluding steroid dienone is 3. The molecule has 158 valence electrons. The fraction of sp³-hybridized carbons (Fsp3) is 0.542. The average molecular weight is 400 g/mol. The number of aryl methyl sites for hydroxylation is 1. The minimum atomic E-state index is -0.472. The number of benzene rings is 1. The first-order valence-corrected chi connectivity index (χ1v) is 10.8. The Morgan fingerprint density at radius 1 is 1.38 bits per heavy atom. The molecular formula is C24H33NO4. The summed E-state index contributed by atoms with van der Waals surface area (Å²) in [7, 11) is 0. The van der Waals surface area contributed by atoms with Gasteiger partial charge in [-0.25, -0.2) is 4.79 Å². The van der Waals surface area contributed by atoms with Crippen LogP contribution in [0.15, 0.2) is 30.1 Å². The second kappa shape index (κ2) is 9.38. The van der Waals surface area contributed by atoms with E-state index in [1.54, 1.807) is 6.92 Å². The number of unbranched alkanes of at least 4 members (excludes halogenated alkanes) is 2. The molecule has 5 nitrogen and oxygen atoms in total. The summed E-state index contributed by atoms with van der Waals surface area (Å²) in [6.07, 6.45) is 7.84. The van der Waals surface area contributed by atoms with Gasteiger partial charge >= 0.3 is 6.09 Å². The van der Waals surface area contributed by atoms with Gasteiger partial charge in [-0.3, -0.25) is 0 Å². The van der Waals surface area contributed by atoms with Gasteiger partial charge in [-0.05, 0) is 51.2 Å². The average Bonchev–Trinajstić information content (AvgIpc) is 2.67. The van der Waals surface area contributed by atoms with Gasteiger partial charge in [0.05, 0.1) is 13.2 Å². The number of ether oxygens (including phenoxy) is 2. The Labute approximate surface area is 173 Å². The third-order valence-corrected chi connectivity index (χ3v) is 5.97. The molecule has 0 bridgehead atoms. The zero-order valence-electron chi connectivity index (χ0n) is 17.8. The molecule has 1 aromatic carbocycles. The van der Waals surface area contributed by atoms with E-state index in [-0.39, 0.29) is 24.1 Å². The van der Waals surface area contributed by atoms with Crippen molar-refractivity contribution in [2.45, 2.75) is 71.8 Å². The number of carbonyl (C=O) groups excluding carboxylic acids is 1. The van der Waals surface area contributed by atoms with Crippen molar-refractivity contribution in [1.29, 1.82) is 0 Å². The quantitative estimate of drug-likeness (QED) is 0.455. The van der Waals surface area contributed by atoms with E-state index in [9.17, 15) is 9.90 Å². The summed E-state index contributed by atoms with van der Waals surface area (Å²) >= 11 is 0. The third-order valence-electron chi connectivity index (χ3n) is 5.97. The smallest absolute Gasteiger partial charge is 0.407 e. The summed E-state index contributed by atoms with van der Waals surface area (Å²) < 4.78 is 11.1. The summed E-state index contributed by atoms with van der Waals surface area (Å²) in [4.78, 5) is 11.8. The van der Waals surface area contributed by atoms with Crippen LogP contribution >= 0.6 is 0 Å². The molecule has 0 fully saturated rings. The highest BCUT2D eigenvalue weighted by Gasteiger charge is 2.38. The maximum absolute atomic E-state index is 11.8. The number of nitrogens with one attached hydrogen (secondary N) is 1. The minimum absolute atomic E-state index is 0.0611.